The lowest BCUT2D eigenvalue weighted by Gasteiger charge is -2.05. The first-order chi connectivity index (χ1) is 6.22. The maximum Gasteiger partial charge on any atom is 0.253 e. The fourth-order valence-electron chi connectivity index (χ4n) is 1.32. The second-order valence-electron chi connectivity index (χ2n) is 3.25. The molecule has 0 radical (unpaired) electrons. The van der Waals surface area contributed by atoms with Crippen molar-refractivity contribution in [2.75, 3.05) is 7.11 Å². The van der Waals surface area contributed by atoms with Gasteiger partial charge in [-0.25, -0.2) is 4.98 Å². The maximum absolute atomic E-state index is 13.5. The first kappa shape index (κ1) is 8.41. The summed E-state index contributed by atoms with van der Waals surface area (Å²) in [5, 5.41) is 0. The van der Waals surface area contributed by atoms with Crippen molar-refractivity contribution in [1.82, 2.24) is 9.97 Å². The zero-order chi connectivity index (χ0) is 9.42. The molecule has 0 aromatic carbocycles. The van der Waals surface area contributed by atoms with Crippen LogP contribution < -0.4 is 4.74 Å². The normalized spacial score (nSPS) is 15.9. The van der Waals surface area contributed by atoms with Gasteiger partial charge in [-0.1, -0.05) is 0 Å². The van der Waals surface area contributed by atoms with Gasteiger partial charge in [0.25, 0.3) is 5.88 Å². The molecule has 1 aliphatic carbocycles. The van der Waals surface area contributed by atoms with Crippen LogP contribution in [0.2, 0.25) is 0 Å². The molecule has 1 aliphatic rings. The Balaban J connectivity index is 2.47. The average molecular weight is 182 g/mol. The van der Waals surface area contributed by atoms with Crippen LogP contribution in [-0.4, -0.2) is 17.1 Å². The molecule has 1 heterocycles. The molecule has 0 N–H and O–H groups in total. The third-order valence-electron chi connectivity index (χ3n) is 2.12. The molecule has 1 saturated carbocycles. The molecule has 70 valence electrons. The van der Waals surface area contributed by atoms with Gasteiger partial charge < -0.3 is 4.74 Å². The minimum absolute atomic E-state index is 0.0643. The van der Waals surface area contributed by atoms with Crippen molar-refractivity contribution in [2.45, 2.75) is 25.7 Å². The van der Waals surface area contributed by atoms with E-state index in [9.17, 15) is 4.39 Å². The highest BCUT2D eigenvalue weighted by Gasteiger charge is 2.30. The predicted molar refractivity (Wildman–Crippen MR) is 45.3 cm³/mol. The number of methoxy groups -OCH3 is 1. The van der Waals surface area contributed by atoms with Gasteiger partial charge in [0, 0.05) is 5.92 Å². The van der Waals surface area contributed by atoms with Crippen molar-refractivity contribution in [3.8, 4) is 5.88 Å². The largest absolute Gasteiger partial charge is 0.479 e. The van der Waals surface area contributed by atoms with Crippen LogP contribution in [0.15, 0.2) is 0 Å². The van der Waals surface area contributed by atoms with Crippen molar-refractivity contribution < 1.29 is 9.13 Å². The minimum atomic E-state index is -0.393. The average Bonchev–Trinajstić information content (AvgIpc) is 2.91. The predicted octanol–water partition coefficient (Wildman–Crippen LogP) is 1.81. The molecular weight excluding hydrogens is 171 g/mol. The van der Waals surface area contributed by atoms with E-state index in [4.69, 9.17) is 4.74 Å². The Bertz CT molecular complexity index is 337. The minimum Gasteiger partial charge on any atom is -0.479 e. The molecule has 1 aromatic heterocycles. The van der Waals surface area contributed by atoms with Crippen LogP contribution in [0, 0.1) is 12.7 Å². The lowest BCUT2D eigenvalue weighted by atomic mass is 10.2. The van der Waals surface area contributed by atoms with Crippen LogP contribution in [0.3, 0.4) is 0 Å². The van der Waals surface area contributed by atoms with Crippen molar-refractivity contribution >= 4 is 0 Å². The first-order valence-corrected chi connectivity index (χ1v) is 4.30. The highest BCUT2D eigenvalue weighted by molar-refractivity contribution is 5.25. The number of nitrogens with zero attached hydrogens (tertiary/aromatic N) is 2. The highest BCUT2D eigenvalue weighted by Crippen LogP contribution is 2.41. The molecule has 4 heteroatoms. The fraction of sp³-hybridized carbons (Fsp3) is 0.556. The quantitative estimate of drug-likeness (QED) is 0.699. The van der Waals surface area contributed by atoms with Crippen molar-refractivity contribution in [1.29, 1.82) is 0 Å². The Morgan fingerprint density at radius 1 is 1.38 bits per heavy atom. The van der Waals surface area contributed by atoms with Gasteiger partial charge in [-0.2, -0.15) is 9.37 Å². The molecule has 0 unspecified atom stereocenters. The van der Waals surface area contributed by atoms with Crippen molar-refractivity contribution in [3.05, 3.63) is 17.3 Å². The van der Waals surface area contributed by atoms with E-state index in [1.165, 1.54) is 7.11 Å². The van der Waals surface area contributed by atoms with Crippen LogP contribution in [-0.2, 0) is 0 Å². The van der Waals surface area contributed by atoms with Crippen LogP contribution in [0.1, 0.15) is 30.3 Å². The summed E-state index contributed by atoms with van der Waals surface area (Å²) in [7, 11) is 1.42. The molecule has 0 atom stereocenters. The van der Waals surface area contributed by atoms with Crippen molar-refractivity contribution in [2.24, 2.45) is 0 Å². The third-order valence-corrected chi connectivity index (χ3v) is 2.12. The lowest BCUT2D eigenvalue weighted by molar-refractivity contribution is 0.362. The number of aryl methyl sites for hydroxylation is 1. The Labute approximate surface area is 76.0 Å². The molecule has 0 amide bonds. The Hall–Kier alpha value is -1.19. The van der Waals surface area contributed by atoms with Gasteiger partial charge in [0.1, 0.15) is 5.82 Å². The van der Waals surface area contributed by atoms with E-state index in [0.717, 1.165) is 12.8 Å². The number of halogens is 1. The van der Waals surface area contributed by atoms with E-state index in [0.29, 0.717) is 11.5 Å². The Morgan fingerprint density at radius 3 is 2.62 bits per heavy atom. The second-order valence-corrected chi connectivity index (χ2v) is 3.25. The fourth-order valence-corrected chi connectivity index (χ4v) is 1.32. The SMILES string of the molecule is COc1nc(C)nc(C2CC2)c1F. The van der Waals surface area contributed by atoms with Gasteiger partial charge in [-0.3, -0.25) is 0 Å². The van der Waals surface area contributed by atoms with Crippen LogP contribution in [0.5, 0.6) is 5.88 Å². The van der Waals surface area contributed by atoms with Gasteiger partial charge in [-0.05, 0) is 19.8 Å². The smallest absolute Gasteiger partial charge is 0.253 e. The molecule has 13 heavy (non-hydrogen) atoms. The monoisotopic (exact) mass is 182 g/mol. The van der Waals surface area contributed by atoms with Gasteiger partial charge in [0.05, 0.1) is 12.8 Å². The number of aromatic nitrogens is 2. The summed E-state index contributed by atoms with van der Waals surface area (Å²) in [4.78, 5) is 7.93. The Morgan fingerprint density at radius 2 is 2.08 bits per heavy atom. The molecule has 3 nitrogen and oxygen atoms in total. The van der Waals surface area contributed by atoms with E-state index < -0.39 is 5.82 Å². The third kappa shape index (κ3) is 1.48. The topological polar surface area (TPSA) is 35.0 Å². The summed E-state index contributed by atoms with van der Waals surface area (Å²) in [6.07, 6.45) is 2.05. The molecule has 1 aromatic rings. The van der Waals surface area contributed by atoms with E-state index in [-0.39, 0.29) is 11.8 Å². The summed E-state index contributed by atoms with van der Waals surface area (Å²) in [6, 6.07) is 0. The van der Waals surface area contributed by atoms with Crippen LogP contribution in [0.25, 0.3) is 0 Å². The first-order valence-electron chi connectivity index (χ1n) is 4.30. The molecule has 1 fully saturated rings. The van der Waals surface area contributed by atoms with Crippen LogP contribution in [0.4, 0.5) is 4.39 Å². The molecule has 0 aliphatic heterocycles. The number of rotatable bonds is 2. The van der Waals surface area contributed by atoms with E-state index in [1.54, 1.807) is 6.92 Å². The molecule has 2 rings (SSSR count). The van der Waals surface area contributed by atoms with Gasteiger partial charge in [-0.15, -0.1) is 0 Å². The van der Waals surface area contributed by atoms with Crippen LogP contribution >= 0.6 is 0 Å². The molecule has 0 bridgehead atoms. The molecule has 0 spiro atoms. The van der Waals surface area contributed by atoms with E-state index >= 15 is 0 Å². The highest BCUT2D eigenvalue weighted by atomic mass is 19.1. The van der Waals surface area contributed by atoms with Gasteiger partial charge in [0.15, 0.2) is 0 Å². The summed E-state index contributed by atoms with van der Waals surface area (Å²) < 4.78 is 18.3. The van der Waals surface area contributed by atoms with E-state index in [1.807, 2.05) is 0 Å². The standard InChI is InChI=1S/C9H11FN2O/c1-5-11-8(6-3-4-6)7(10)9(12-5)13-2/h6H,3-4H2,1-2H3. The van der Waals surface area contributed by atoms with E-state index in [2.05, 4.69) is 9.97 Å². The number of ether oxygens (including phenoxy) is 1. The Kier molecular flexibility index (Phi) is 1.90. The van der Waals surface area contributed by atoms with Gasteiger partial charge in [0.2, 0.25) is 5.82 Å². The number of hydrogen-bond donors (Lipinski definition) is 0. The molecular formula is C9H11FN2O. The number of hydrogen-bond acceptors (Lipinski definition) is 3. The lowest BCUT2D eigenvalue weighted by Crippen LogP contribution is -2.02. The summed E-state index contributed by atoms with van der Waals surface area (Å²) in [5.74, 6) is 0.528. The summed E-state index contributed by atoms with van der Waals surface area (Å²) in [5.41, 5.74) is 0.518. The van der Waals surface area contributed by atoms with Crippen molar-refractivity contribution in [3.63, 3.8) is 0 Å². The zero-order valence-electron chi connectivity index (χ0n) is 7.67. The zero-order valence-corrected chi connectivity index (χ0v) is 7.67. The summed E-state index contributed by atoms with van der Waals surface area (Å²) >= 11 is 0. The maximum atomic E-state index is 13.5. The second kappa shape index (κ2) is 2.94. The summed E-state index contributed by atoms with van der Waals surface area (Å²) in [6.45, 7) is 1.74. The molecule has 0 saturated heterocycles. The van der Waals surface area contributed by atoms with Gasteiger partial charge >= 0.3 is 0 Å².